The van der Waals surface area contributed by atoms with Crippen molar-refractivity contribution in [3.8, 4) is 11.5 Å². The van der Waals surface area contributed by atoms with Gasteiger partial charge in [-0.3, -0.25) is 4.99 Å². The molecule has 0 radical (unpaired) electrons. The van der Waals surface area contributed by atoms with Crippen molar-refractivity contribution in [3.63, 3.8) is 0 Å². The molecule has 5 nitrogen and oxygen atoms in total. The standard InChI is InChI=1S/C19H25N3O2S.HI/c1-5-7-15-10-14(11-17(23-3)18(15)24-4)12-21-19(20-2)22-13-16-8-6-9-25-16;/h5-6,8-11H,1,7,12-13H2,2-4H3,(H2,20,21,22);1H. The smallest absolute Gasteiger partial charge is 0.191 e. The van der Waals surface area contributed by atoms with E-state index in [1.54, 1.807) is 32.6 Å². The minimum Gasteiger partial charge on any atom is -0.493 e. The van der Waals surface area contributed by atoms with Crippen LogP contribution in [-0.4, -0.2) is 27.2 Å². The van der Waals surface area contributed by atoms with Crippen LogP contribution in [-0.2, 0) is 19.5 Å². The number of nitrogens with zero attached hydrogens (tertiary/aromatic N) is 1. The fourth-order valence-corrected chi connectivity index (χ4v) is 3.15. The van der Waals surface area contributed by atoms with E-state index < -0.39 is 0 Å². The summed E-state index contributed by atoms with van der Waals surface area (Å²) in [7, 11) is 5.06. The summed E-state index contributed by atoms with van der Waals surface area (Å²) in [5.74, 6) is 2.24. The molecule has 0 unspecified atom stereocenters. The summed E-state index contributed by atoms with van der Waals surface area (Å²) in [5.41, 5.74) is 2.14. The van der Waals surface area contributed by atoms with E-state index in [-0.39, 0.29) is 24.0 Å². The number of ether oxygens (including phenoxy) is 2. The SMILES string of the molecule is C=CCc1cc(CNC(=NC)NCc2cccs2)cc(OC)c1OC.I. The first kappa shape index (κ1) is 22.3. The lowest BCUT2D eigenvalue weighted by Gasteiger charge is -2.16. The van der Waals surface area contributed by atoms with E-state index in [9.17, 15) is 0 Å². The third-order valence-electron chi connectivity index (χ3n) is 3.67. The van der Waals surface area contributed by atoms with Gasteiger partial charge in [0.25, 0.3) is 0 Å². The molecule has 2 rings (SSSR count). The first-order valence-corrected chi connectivity index (χ1v) is 8.91. The largest absolute Gasteiger partial charge is 0.493 e. The lowest BCUT2D eigenvalue weighted by atomic mass is 10.1. The quantitative estimate of drug-likeness (QED) is 0.256. The zero-order valence-electron chi connectivity index (χ0n) is 15.4. The van der Waals surface area contributed by atoms with Gasteiger partial charge in [-0.25, -0.2) is 0 Å². The van der Waals surface area contributed by atoms with Gasteiger partial charge in [-0.15, -0.1) is 41.9 Å². The van der Waals surface area contributed by atoms with Gasteiger partial charge in [-0.05, 0) is 35.6 Å². The zero-order valence-corrected chi connectivity index (χ0v) is 18.5. The van der Waals surface area contributed by atoms with Crippen molar-refractivity contribution in [2.24, 2.45) is 4.99 Å². The Bertz CT molecular complexity index is 718. The Morgan fingerprint density at radius 2 is 2.00 bits per heavy atom. The first-order valence-electron chi connectivity index (χ1n) is 8.03. The number of thiophene rings is 1. The molecular weight excluding hydrogens is 461 g/mol. The van der Waals surface area contributed by atoms with Gasteiger partial charge in [0.2, 0.25) is 0 Å². The fourth-order valence-electron chi connectivity index (χ4n) is 2.51. The van der Waals surface area contributed by atoms with E-state index in [1.807, 2.05) is 18.2 Å². The maximum atomic E-state index is 5.47. The predicted molar refractivity (Wildman–Crippen MR) is 120 cm³/mol. The Morgan fingerprint density at radius 1 is 1.23 bits per heavy atom. The Kier molecular flexibility index (Phi) is 10.1. The summed E-state index contributed by atoms with van der Waals surface area (Å²) >= 11 is 1.72. The molecule has 0 atom stereocenters. The first-order chi connectivity index (χ1) is 12.2. The van der Waals surface area contributed by atoms with Crippen LogP contribution >= 0.6 is 35.3 Å². The summed E-state index contributed by atoms with van der Waals surface area (Å²) in [5, 5.41) is 8.71. The molecule has 0 amide bonds. The molecule has 0 spiro atoms. The van der Waals surface area contributed by atoms with E-state index in [1.165, 1.54) is 4.88 Å². The zero-order chi connectivity index (χ0) is 18.1. The van der Waals surface area contributed by atoms with Crippen LogP contribution in [0.5, 0.6) is 11.5 Å². The Labute approximate surface area is 176 Å². The highest BCUT2D eigenvalue weighted by molar-refractivity contribution is 14.0. The van der Waals surface area contributed by atoms with Crippen LogP contribution in [0.1, 0.15) is 16.0 Å². The van der Waals surface area contributed by atoms with Gasteiger partial charge in [0.05, 0.1) is 20.8 Å². The second kappa shape index (κ2) is 11.8. The highest BCUT2D eigenvalue weighted by atomic mass is 127. The molecule has 0 fully saturated rings. The van der Waals surface area contributed by atoms with Gasteiger partial charge in [0.1, 0.15) is 0 Å². The number of hydrogen-bond acceptors (Lipinski definition) is 4. The fraction of sp³-hybridized carbons (Fsp3) is 0.316. The molecule has 0 saturated heterocycles. The summed E-state index contributed by atoms with van der Waals surface area (Å²) in [6.07, 6.45) is 2.58. The average Bonchev–Trinajstić information content (AvgIpc) is 3.15. The average molecular weight is 487 g/mol. The third-order valence-corrected chi connectivity index (χ3v) is 4.55. The van der Waals surface area contributed by atoms with Gasteiger partial charge in [-0.2, -0.15) is 0 Å². The van der Waals surface area contributed by atoms with Crippen LogP contribution in [0, 0.1) is 0 Å². The molecule has 0 aliphatic carbocycles. The molecule has 0 aliphatic rings. The van der Waals surface area contributed by atoms with Gasteiger partial charge in [0, 0.05) is 24.0 Å². The predicted octanol–water partition coefficient (Wildman–Crippen LogP) is 3.98. The lowest BCUT2D eigenvalue weighted by molar-refractivity contribution is 0.352. The number of allylic oxidation sites excluding steroid dienone is 1. The molecule has 2 aromatic rings. The summed E-state index contributed by atoms with van der Waals surface area (Å²) in [6, 6.07) is 8.22. The van der Waals surface area contributed by atoms with Crippen molar-refractivity contribution < 1.29 is 9.47 Å². The Morgan fingerprint density at radius 3 is 2.58 bits per heavy atom. The molecule has 0 bridgehead atoms. The molecular formula is C19H26IN3O2S. The summed E-state index contributed by atoms with van der Waals surface area (Å²) < 4.78 is 10.9. The number of halogens is 1. The number of aliphatic imine (C=N–C) groups is 1. The van der Waals surface area contributed by atoms with Crippen LogP contribution in [0.25, 0.3) is 0 Å². The van der Waals surface area contributed by atoms with Crippen molar-refractivity contribution in [3.05, 3.63) is 58.3 Å². The Hall–Kier alpha value is -1.74. The van der Waals surface area contributed by atoms with E-state index in [2.05, 4.69) is 39.7 Å². The summed E-state index contributed by atoms with van der Waals surface area (Å²) in [4.78, 5) is 5.53. The normalized spacial score (nSPS) is 10.7. The molecule has 1 aromatic heterocycles. The van der Waals surface area contributed by atoms with Crippen LogP contribution in [0.2, 0.25) is 0 Å². The maximum Gasteiger partial charge on any atom is 0.191 e. The van der Waals surface area contributed by atoms with E-state index in [4.69, 9.17) is 9.47 Å². The van der Waals surface area contributed by atoms with Crippen molar-refractivity contribution in [1.29, 1.82) is 0 Å². The number of hydrogen-bond donors (Lipinski definition) is 2. The van der Waals surface area contributed by atoms with Crippen molar-refractivity contribution >= 4 is 41.3 Å². The molecule has 1 heterocycles. The van der Waals surface area contributed by atoms with Crippen LogP contribution < -0.4 is 20.1 Å². The van der Waals surface area contributed by atoms with E-state index >= 15 is 0 Å². The van der Waals surface area contributed by atoms with Crippen LogP contribution in [0.3, 0.4) is 0 Å². The van der Waals surface area contributed by atoms with Gasteiger partial charge in [0.15, 0.2) is 17.5 Å². The number of guanidine groups is 1. The second-order valence-electron chi connectivity index (χ2n) is 5.34. The van der Waals surface area contributed by atoms with Gasteiger partial charge >= 0.3 is 0 Å². The molecule has 0 saturated carbocycles. The highest BCUT2D eigenvalue weighted by Crippen LogP contribution is 2.33. The van der Waals surface area contributed by atoms with Crippen LogP contribution in [0.4, 0.5) is 0 Å². The molecule has 26 heavy (non-hydrogen) atoms. The van der Waals surface area contributed by atoms with E-state index in [0.29, 0.717) is 6.54 Å². The molecule has 0 aliphatic heterocycles. The van der Waals surface area contributed by atoms with Gasteiger partial charge < -0.3 is 20.1 Å². The van der Waals surface area contributed by atoms with E-state index in [0.717, 1.165) is 41.6 Å². The molecule has 142 valence electrons. The molecule has 1 aromatic carbocycles. The second-order valence-corrected chi connectivity index (χ2v) is 6.37. The molecule has 2 N–H and O–H groups in total. The van der Waals surface area contributed by atoms with Crippen LogP contribution in [0.15, 0.2) is 47.3 Å². The van der Waals surface area contributed by atoms with Crippen molar-refractivity contribution in [1.82, 2.24) is 10.6 Å². The highest BCUT2D eigenvalue weighted by Gasteiger charge is 2.12. The topological polar surface area (TPSA) is 54.9 Å². The Balaban J connectivity index is 0.00000338. The minimum absolute atomic E-state index is 0. The molecule has 7 heteroatoms. The number of nitrogens with one attached hydrogen (secondary N) is 2. The van der Waals surface area contributed by atoms with Gasteiger partial charge in [-0.1, -0.05) is 12.1 Å². The van der Waals surface area contributed by atoms with Crippen molar-refractivity contribution in [2.45, 2.75) is 19.5 Å². The summed E-state index contributed by atoms with van der Waals surface area (Å²) in [6.45, 7) is 5.20. The van der Waals surface area contributed by atoms with Crippen molar-refractivity contribution in [2.75, 3.05) is 21.3 Å². The third kappa shape index (κ3) is 6.21. The maximum absolute atomic E-state index is 5.47. The lowest BCUT2D eigenvalue weighted by Crippen LogP contribution is -2.36. The minimum atomic E-state index is 0. The monoisotopic (exact) mass is 487 g/mol. The number of benzene rings is 1. The number of rotatable bonds is 8. The number of methoxy groups -OCH3 is 2.